The van der Waals surface area contributed by atoms with Crippen LogP contribution in [0.15, 0.2) is 30.3 Å². The van der Waals surface area contributed by atoms with E-state index >= 15 is 0 Å². The largest absolute Gasteiger partial charge is 0.293 e. The predicted octanol–water partition coefficient (Wildman–Crippen LogP) is 4.15. The van der Waals surface area contributed by atoms with Crippen LogP contribution < -0.4 is 0 Å². The van der Waals surface area contributed by atoms with E-state index in [1.54, 1.807) is 17.4 Å². The Balaban J connectivity index is 2.03. The Morgan fingerprint density at radius 3 is 2.60 bits per heavy atom. The zero-order valence-corrected chi connectivity index (χ0v) is 13.7. The number of thiophene rings is 1. The standard InChI is InChI=1S/C15H15ClO2S2/c1-10-7-13(11(2)19-10)15(17)9-20(18)8-12-5-3-4-6-14(12)16/h3-7H,8-9H2,1-2H3. The van der Waals surface area contributed by atoms with Gasteiger partial charge in [-0.3, -0.25) is 9.00 Å². The minimum absolute atomic E-state index is 0.0439. The number of benzene rings is 1. The van der Waals surface area contributed by atoms with Gasteiger partial charge in [-0.2, -0.15) is 0 Å². The molecule has 0 aliphatic rings. The molecule has 20 heavy (non-hydrogen) atoms. The first kappa shape index (κ1) is 15.4. The molecule has 1 unspecified atom stereocenters. The van der Waals surface area contributed by atoms with Gasteiger partial charge in [-0.25, -0.2) is 0 Å². The molecule has 1 atom stereocenters. The minimum Gasteiger partial charge on any atom is -0.293 e. The summed E-state index contributed by atoms with van der Waals surface area (Å²) in [6.45, 7) is 3.89. The second-order valence-corrected chi connectivity index (χ2v) is 7.89. The summed E-state index contributed by atoms with van der Waals surface area (Å²) in [6.07, 6.45) is 0. The fraction of sp³-hybridized carbons (Fsp3) is 0.267. The van der Waals surface area contributed by atoms with E-state index in [1.165, 1.54) is 0 Å². The van der Waals surface area contributed by atoms with E-state index < -0.39 is 10.8 Å². The third-order valence-electron chi connectivity index (χ3n) is 2.91. The number of Topliss-reactive ketones (excluding diaryl/α,β-unsaturated/α-hetero) is 1. The van der Waals surface area contributed by atoms with E-state index in [0.29, 0.717) is 16.3 Å². The number of hydrogen-bond donors (Lipinski definition) is 0. The number of aryl methyl sites for hydroxylation is 2. The maximum Gasteiger partial charge on any atom is 0.176 e. The molecular weight excluding hydrogens is 312 g/mol. The molecule has 0 radical (unpaired) electrons. The van der Waals surface area contributed by atoms with Gasteiger partial charge in [-0.15, -0.1) is 11.3 Å². The second-order valence-electron chi connectivity index (χ2n) is 4.57. The van der Waals surface area contributed by atoms with Crippen molar-refractivity contribution in [1.29, 1.82) is 0 Å². The van der Waals surface area contributed by atoms with Crippen LogP contribution in [-0.4, -0.2) is 15.7 Å². The first-order chi connectivity index (χ1) is 9.47. The highest BCUT2D eigenvalue weighted by atomic mass is 35.5. The van der Waals surface area contributed by atoms with Crippen LogP contribution in [0.1, 0.15) is 25.7 Å². The molecule has 0 aliphatic heterocycles. The van der Waals surface area contributed by atoms with Crippen molar-refractivity contribution >= 4 is 39.5 Å². The summed E-state index contributed by atoms with van der Waals surface area (Å²) in [5.74, 6) is 0.299. The molecule has 0 N–H and O–H groups in total. The molecular formula is C15H15ClO2S2. The highest BCUT2D eigenvalue weighted by Crippen LogP contribution is 2.22. The van der Waals surface area contributed by atoms with E-state index in [9.17, 15) is 9.00 Å². The molecule has 1 heterocycles. The Morgan fingerprint density at radius 2 is 2.00 bits per heavy atom. The fourth-order valence-corrected chi connectivity index (χ4v) is 4.34. The van der Waals surface area contributed by atoms with Gasteiger partial charge in [0.1, 0.15) is 0 Å². The van der Waals surface area contributed by atoms with Crippen LogP contribution in [0.4, 0.5) is 0 Å². The lowest BCUT2D eigenvalue weighted by atomic mass is 10.2. The molecule has 0 spiro atoms. The molecule has 5 heteroatoms. The van der Waals surface area contributed by atoms with Gasteiger partial charge in [-0.1, -0.05) is 29.8 Å². The summed E-state index contributed by atoms with van der Waals surface area (Å²) in [5.41, 5.74) is 1.51. The molecule has 2 nitrogen and oxygen atoms in total. The van der Waals surface area contributed by atoms with E-state index in [1.807, 2.05) is 38.1 Å². The van der Waals surface area contributed by atoms with Crippen molar-refractivity contribution in [2.24, 2.45) is 0 Å². The van der Waals surface area contributed by atoms with Crippen LogP contribution in [0.5, 0.6) is 0 Å². The van der Waals surface area contributed by atoms with Gasteiger partial charge >= 0.3 is 0 Å². The molecule has 0 saturated carbocycles. The zero-order chi connectivity index (χ0) is 14.7. The first-order valence-electron chi connectivity index (χ1n) is 6.16. The maximum atomic E-state index is 12.1. The molecule has 0 fully saturated rings. The van der Waals surface area contributed by atoms with Crippen LogP contribution in [0.25, 0.3) is 0 Å². The normalized spacial score (nSPS) is 12.3. The Morgan fingerprint density at radius 1 is 1.30 bits per heavy atom. The molecule has 1 aromatic carbocycles. The third kappa shape index (κ3) is 3.78. The second kappa shape index (κ2) is 6.66. The highest BCUT2D eigenvalue weighted by molar-refractivity contribution is 7.85. The van der Waals surface area contributed by atoms with Crippen molar-refractivity contribution < 1.29 is 9.00 Å². The number of rotatable bonds is 5. The summed E-state index contributed by atoms with van der Waals surface area (Å²) in [4.78, 5) is 14.2. The van der Waals surface area contributed by atoms with Crippen molar-refractivity contribution in [3.63, 3.8) is 0 Å². The molecule has 1 aromatic heterocycles. The van der Waals surface area contributed by atoms with E-state index in [-0.39, 0.29) is 11.5 Å². The topological polar surface area (TPSA) is 34.1 Å². The highest BCUT2D eigenvalue weighted by Gasteiger charge is 2.16. The van der Waals surface area contributed by atoms with Crippen LogP contribution in [0, 0.1) is 13.8 Å². The van der Waals surface area contributed by atoms with Crippen molar-refractivity contribution in [1.82, 2.24) is 0 Å². The number of carbonyl (C=O) groups is 1. The minimum atomic E-state index is -1.24. The number of ketones is 1. The van der Waals surface area contributed by atoms with Gasteiger partial charge < -0.3 is 0 Å². The quantitative estimate of drug-likeness (QED) is 0.773. The predicted molar refractivity (Wildman–Crippen MR) is 86.3 cm³/mol. The van der Waals surface area contributed by atoms with E-state index in [4.69, 9.17) is 11.6 Å². The smallest absolute Gasteiger partial charge is 0.176 e. The molecule has 106 valence electrons. The van der Waals surface area contributed by atoms with E-state index in [2.05, 4.69) is 0 Å². The molecule has 0 amide bonds. The molecule has 2 aromatic rings. The van der Waals surface area contributed by atoms with Crippen molar-refractivity contribution in [2.45, 2.75) is 19.6 Å². The molecule has 0 bridgehead atoms. The van der Waals surface area contributed by atoms with Crippen LogP contribution in [-0.2, 0) is 16.6 Å². The van der Waals surface area contributed by atoms with Gasteiger partial charge in [0.25, 0.3) is 0 Å². The Bertz CT molecular complexity index is 662. The summed E-state index contributed by atoms with van der Waals surface area (Å²) in [6, 6.07) is 9.16. The maximum absolute atomic E-state index is 12.1. The fourth-order valence-electron chi connectivity index (χ4n) is 1.97. The monoisotopic (exact) mass is 326 g/mol. The number of carbonyl (C=O) groups excluding carboxylic acids is 1. The lowest BCUT2D eigenvalue weighted by molar-refractivity contribution is 0.102. The van der Waals surface area contributed by atoms with Crippen molar-refractivity contribution in [3.8, 4) is 0 Å². The first-order valence-corrected chi connectivity index (χ1v) is 8.84. The van der Waals surface area contributed by atoms with Gasteiger partial charge in [0.2, 0.25) is 0 Å². The van der Waals surface area contributed by atoms with Gasteiger partial charge in [0, 0.05) is 31.1 Å². The lowest BCUT2D eigenvalue weighted by Crippen LogP contribution is -2.12. The van der Waals surface area contributed by atoms with Gasteiger partial charge in [-0.05, 0) is 31.5 Å². The zero-order valence-electron chi connectivity index (χ0n) is 11.3. The Kier molecular flexibility index (Phi) is 5.13. The van der Waals surface area contributed by atoms with Gasteiger partial charge in [0.05, 0.1) is 11.5 Å². The number of halogens is 1. The average molecular weight is 327 g/mol. The number of hydrogen-bond acceptors (Lipinski definition) is 3. The third-order valence-corrected chi connectivity index (χ3v) is 5.46. The summed E-state index contributed by atoms with van der Waals surface area (Å²) >= 11 is 7.62. The molecule has 0 aliphatic carbocycles. The van der Waals surface area contributed by atoms with Crippen molar-refractivity contribution in [2.75, 3.05) is 5.75 Å². The van der Waals surface area contributed by atoms with Crippen LogP contribution >= 0.6 is 22.9 Å². The van der Waals surface area contributed by atoms with Crippen LogP contribution in [0.3, 0.4) is 0 Å². The SMILES string of the molecule is Cc1cc(C(=O)CS(=O)Cc2ccccc2Cl)c(C)s1. The molecule has 0 saturated heterocycles. The summed E-state index contributed by atoms with van der Waals surface area (Å²) in [5, 5.41) is 0.593. The van der Waals surface area contributed by atoms with Crippen molar-refractivity contribution in [3.05, 3.63) is 56.2 Å². The molecule has 2 rings (SSSR count). The lowest BCUT2D eigenvalue weighted by Gasteiger charge is -2.04. The van der Waals surface area contributed by atoms with E-state index in [0.717, 1.165) is 15.3 Å². The summed E-state index contributed by atoms with van der Waals surface area (Å²) in [7, 11) is -1.24. The summed E-state index contributed by atoms with van der Waals surface area (Å²) < 4.78 is 12.1. The average Bonchev–Trinajstić information content (AvgIpc) is 2.71. The Labute approximate surface area is 130 Å². The van der Waals surface area contributed by atoms with Crippen LogP contribution in [0.2, 0.25) is 5.02 Å². The van der Waals surface area contributed by atoms with Gasteiger partial charge in [0.15, 0.2) is 5.78 Å². The Hall–Kier alpha value is -0.970.